The van der Waals surface area contributed by atoms with Gasteiger partial charge in [0, 0.05) is 18.5 Å². The highest BCUT2D eigenvalue weighted by molar-refractivity contribution is 5.91. The van der Waals surface area contributed by atoms with Gasteiger partial charge in [-0.25, -0.2) is 0 Å². The van der Waals surface area contributed by atoms with Gasteiger partial charge in [-0.3, -0.25) is 14.4 Å². The van der Waals surface area contributed by atoms with Crippen molar-refractivity contribution < 1.29 is 19.1 Å². The minimum Gasteiger partial charge on any atom is -0.468 e. The van der Waals surface area contributed by atoms with Crippen LogP contribution in [-0.4, -0.2) is 60.4 Å². The molecule has 1 saturated heterocycles. The van der Waals surface area contributed by atoms with E-state index in [1.54, 1.807) is 4.90 Å². The number of methoxy groups -OCH3 is 1. The van der Waals surface area contributed by atoms with Crippen molar-refractivity contribution in [3.8, 4) is 0 Å². The molecule has 0 N–H and O–H groups in total. The van der Waals surface area contributed by atoms with Gasteiger partial charge >= 0.3 is 5.97 Å². The van der Waals surface area contributed by atoms with Gasteiger partial charge in [0.05, 0.1) is 7.11 Å². The number of rotatable bonds is 4. The van der Waals surface area contributed by atoms with E-state index < -0.39 is 17.4 Å². The lowest BCUT2D eigenvalue weighted by Gasteiger charge is -2.32. The molecular weight excluding hydrogens is 272 g/mol. The molecule has 0 radical (unpaired) electrons. The van der Waals surface area contributed by atoms with Crippen LogP contribution in [0.4, 0.5) is 0 Å². The zero-order valence-corrected chi connectivity index (χ0v) is 13.6. The lowest BCUT2D eigenvalue weighted by molar-refractivity contribution is -0.152. The van der Waals surface area contributed by atoms with Crippen LogP contribution in [0.1, 0.15) is 40.5 Å². The second-order valence-electron chi connectivity index (χ2n) is 6.34. The van der Waals surface area contributed by atoms with Crippen molar-refractivity contribution >= 4 is 17.8 Å². The summed E-state index contributed by atoms with van der Waals surface area (Å²) in [7, 11) is 1.30. The molecule has 0 bridgehead atoms. The smallest absolute Gasteiger partial charge is 0.325 e. The van der Waals surface area contributed by atoms with Gasteiger partial charge in [0.15, 0.2) is 0 Å². The summed E-state index contributed by atoms with van der Waals surface area (Å²) in [6.45, 7) is 8.31. The molecule has 6 heteroatoms. The van der Waals surface area contributed by atoms with E-state index in [2.05, 4.69) is 4.74 Å². The third kappa shape index (κ3) is 4.19. The summed E-state index contributed by atoms with van der Waals surface area (Å²) in [5.41, 5.74) is -0.512. The number of nitrogens with zero attached hydrogens (tertiary/aromatic N) is 2. The number of likely N-dealkylation sites (N-methyl/N-ethyl adjacent to an activating group) is 1. The van der Waals surface area contributed by atoms with E-state index in [-0.39, 0.29) is 18.4 Å². The summed E-state index contributed by atoms with van der Waals surface area (Å²) in [6, 6.07) is -0.457. The van der Waals surface area contributed by atoms with E-state index in [0.29, 0.717) is 19.5 Å². The number of carbonyl (C=O) groups is 3. The quantitative estimate of drug-likeness (QED) is 0.728. The minimum atomic E-state index is -0.512. The van der Waals surface area contributed by atoms with Gasteiger partial charge < -0.3 is 14.5 Å². The third-order valence-corrected chi connectivity index (χ3v) is 3.68. The number of amides is 2. The molecular formula is C15H26N2O4. The fraction of sp³-hybridized carbons (Fsp3) is 0.800. The van der Waals surface area contributed by atoms with Gasteiger partial charge in [0.25, 0.3) is 0 Å². The highest BCUT2D eigenvalue weighted by atomic mass is 16.5. The Balaban J connectivity index is 2.84. The van der Waals surface area contributed by atoms with Crippen molar-refractivity contribution in [3.63, 3.8) is 0 Å². The Morgan fingerprint density at radius 3 is 2.38 bits per heavy atom. The molecule has 0 saturated carbocycles. The van der Waals surface area contributed by atoms with Gasteiger partial charge in [-0.05, 0) is 19.8 Å². The van der Waals surface area contributed by atoms with E-state index in [1.807, 2.05) is 27.7 Å². The molecule has 1 fully saturated rings. The van der Waals surface area contributed by atoms with Crippen molar-refractivity contribution in [2.24, 2.45) is 5.41 Å². The second kappa shape index (κ2) is 6.91. The predicted molar refractivity (Wildman–Crippen MR) is 78.5 cm³/mol. The molecule has 1 rings (SSSR count). The Bertz CT molecular complexity index is 414. The van der Waals surface area contributed by atoms with Gasteiger partial charge in [-0.2, -0.15) is 0 Å². The van der Waals surface area contributed by atoms with Crippen molar-refractivity contribution in [1.82, 2.24) is 9.80 Å². The molecule has 1 aliphatic heterocycles. The molecule has 2 amide bonds. The molecule has 21 heavy (non-hydrogen) atoms. The first kappa shape index (κ1) is 17.5. The number of hydrogen-bond donors (Lipinski definition) is 0. The molecule has 1 aliphatic rings. The fourth-order valence-corrected chi connectivity index (χ4v) is 2.47. The lowest BCUT2D eigenvalue weighted by Crippen LogP contribution is -2.51. The monoisotopic (exact) mass is 298 g/mol. The standard InChI is InChI=1S/C15H26N2O4/c1-6-16(10-12(18)21-5)13(19)11-8-7-9-17(11)14(20)15(2,3)4/h11H,6-10H2,1-5H3. The summed E-state index contributed by atoms with van der Waals surface area (Å²) in [5.74, 6) is -0.637. The number of likely N-dealkylation sites (tertiary alicyclic amines) is 1. The van der Waals surface area contributed by atoms with E-state index in [0.717, 1.165) is 6.42 Å². The first-order valence-corrected chi connectivity index (χ1v) is 7.39. The Hall–Kier alpha value is -1.59. The van der Waals surface area contributed by atoms with Crippen LogP contribution in [0.3, 0.4) is 0 Å². The maximum atomic E-state index is 12.6. The van der Waals surface area contributed by atoms with Crippen molar-refractivity contribution in [1.29, 1.82) is 0 Å². The molecule has 0 aromatic rings. The average molecular weight is 298 g/mol. The Morgan fingerprint density at radius 2 is 1.90 bits per heavy atom. The lowest BCUT2D eigenvalue weighted by atomic mass is 9.94. The number of carbonyl (C=O) groups excluding carboxylic acids is 3. The molecule has 0 spiro atoms. The summed E-state index contributed by atoms with van der Waals surface area (Å²) < 4.78 is 4.61. The van der Waals surface area contributed by atoms with Crippen LogP contribution in [0.15, 0.2) is 0 Å². The highest BCUT2D eigenvalue weighted by Gasteiger charge is 2.40. The molecule has 1 atom stereocenters. The zero-order valence-electron chi connectivity index (χ0n) is 13.6. The number of hydrogen-bond acceptors (Lipinski definition) is 4. The molecule has 120 valence electrons. The van der Waals surface area contributed by atoms with Crippen LogP contribution < -0.4 is 0 Å². The SMILES string of the molecule is CCN(CC(=O)OC)C(=O)C1CCCN1C(=O)C(C)(C)C. The fourth-order valence-electron chi connectivity index (χ4n) is 2.47. The normalized spacial score (nSPS) is 18.5. The van der Waals surface area contributed by atoms with Crippen LogP contribution in [0.2, 0.25) is 0 Å². The minimum absolute atomic E-state index is 0.0209. The van der Waals surface area contributed by atoms with E-state index in [4.69, 9.17) is 0 Å². The van der Waals surface area contributed by atoms with Crippen LogP contribution in [-0.2, 0) is 19.1 Å². The largest absolute Gasteiger partial charge is 0.468 e. The third-order valence-electron chi connectivity index (χ3n) is 3.68. The summed E-state index contributed by atoms with van der Waals surface area (Å²) in [4.78, 5) is 39.5. The summed E-state index contributed by atoms with van der Waals surface area (Å²) in [5, 5.41) is 0. The van der Waals surface area contributed by atoms with E-state index >= 15 is 0 Å². The molecule has 0 aromatic carbocycles. The summed E-state index contributed by atoms with van der Waals surface area (Å²) >= 11 is 0. The van der Waals surface area contributed by atoms with E-state index in [9.17, 15) is 14.4 Å². The van der Waals surface area contributed by atoms with E-state index in [1.165, 1.54) is 12.0 Å². The first-order valence-electron chi connectivity index (χ1n) is 7.39. The Labute approximate surface area is 126 Å². The average Bonchev–Trinajstić information content (AvgIpc) is 2.90. The van der Waals surface area contributed by atoms with Gasteiger partial charge in [-0.15, -0.1) is 0 Å². The van der Waals surface area contributed by atoms with Crippen LogP contribution in [0.5, 0.6) is 0 Å². The Kier molecular flexibility index (Phi) is 5.75. The molecule has 1 unspecified atom stereocenters. The Morgan fingerprint density at radius 1 is 1.29 bits per heavy atom. The van der Waals surface area contributed by atoms with Gasteiger partial charge in [0.2, 0.25) is 11.8 Å². The topological polar surface area (TPSA) is 66.9 Å². The maximum Gasteiger partial charge on any atom is 0.325 e. The van der Waals surface area contributed by atoms with Crippen LogP contribution in [0, 0.1) is 5.41 Å². The molecule has 1 heterocycles. The highest BCUT2D eigenvalue weighted by Crippen LogP contribution is 2.26. The van der Waals surface area contributed by atoms with Crippen LogP contribution >= 0.6 is 0 Å². The summed E-state index contributed by atoms with van der Waals surface area (Å²) in [6.07, 6.45) is 1.46. The molecule has 0 aliphatic carbocycles. The van der Waals surface area contributed by atoms with Crippen molar-refractivity contribution in [3.05, 3.63) is 0 Å². The molecule has 6 nitrogen and oxygen atoms in total. The number of ether oxygens (including phenoxy) is 1. The van der Waals surface area contributed by atoms with Gasteiger partial charge in [0.1, 0.15) is 12.6 Å². The first-order chi connectivity index (χ1) is 9.72. The molecule has 0 aromatic heterocycles. The van der Waals surface area contributed by atoms with Gasteiger partial charge in [-0.1, -0.05) is 20.8 Å². The zero-order chi connectivity index (χ0) is 16.2. The van der Waals surface area contributed by atoms with Crippen molar-refractivity contribution in [2.75, 3.05) is 26.7 Å². The second-order valence-corrected chi connectivity index (χ2v) is 6.34. The number of esters is 1. The predicted octanol–water partition coefficient (Wildman–Crippen LogP) is 1.04. The maximum absolute atomic E-state index is 12.6. The van der Waals surface area contributed by atoms with Crippen molar-refractivity contribution in [2.45, 2.75) is 46.6 Å². The van der Waals surface area contributed by atoms with Crippen LogP contribution in [0.25, 0.3) is 0 Å².